The number of rotatable bonds is 4. The highest BCUT2D eigenvalue weighted by Gasteiger charge is 2.12. The molecule has 0 aliphatic carbocycles. The van der Waals surface area contributed by atoms with Gasteiger partial charge in [0, 0.05) is 19.2 Å². The van der Waals surface area contributed by atoms with E-state index < -0.39 is 0 Å². The maximum Gasteiger partial charge on any atom is 0.319 e. The second-order valence-corrected chi connectivity index (χ2v) is 5.20. The molecule has 2 amide bonds. The van der Waals surface area contributed by atoms with Gasteiger partial charge in [-0.2, -0.15) is 0 Å². The van der Waals surface area contributed by atoms with Gasteiger partial charge in [-0.05, 0) is 12.1 Å². The van der Waals surface area contributed by atoms with Crippen molar-refractivity contribution in [3.05, 3.63) is 35.1 Å². The van der Waals surface area contributed by atoms with Gasteiger partial charge in [-0.1, -0.05) is 25.4 Å². The largest absolute Gasteiger partial charge is 0.331 e. The molecule has 0 unspecified atom stereocenters. The first-order valence-electron chi connectivity index (χ1n) is 6.52. The number of pyridine rings is 1. The van der Waals surface area contributed by atoms with Crippen LogP contribution in [0.4, 0.5) is 10.5 Å². The van der Waals surface area contributed by atoms with Crippen LogP contribution in [-0.4, -0.2) is 25.8 Å². The van der Waals surface area contributed by atoms with E-state index in [2.05, 4.69) is 25.8 Å². The minimum absolute atomic E-state index is 0.244. The van der Waals surface area contributed by atoms with Crippen molar-refractivity contribution in [1.82, 2.24) is 25.1 Å². The zero-order valence-electron chi connectivity index (χ0n) is 12.1. The Morgan fingerprint density at radius 1 is 1.43 bits per heavy atom. The average molecular weight is 309 g/mol. The van der Waals surface area contributed by atoms with Crippen LogP contribution in [0.2, 0.25) is 5.15 Å². The summed E-state index contributed by atoms with van der Waals surface area (Å²) in [5, 5.41) is 13.7. The van der Waals surface area contributed by atoms with Crippen molar-refractivity contribution >= 4 is 23.3 Å². The van der Waals surface area contributed by atoms with Crippen LogP contribution >= 0.6 is 11.6 Å². The standard InChI is InChI=1S/C13H17ClN6O/c1-8(2)12-19-18-10(20(12)3)7-16-13(21)17-9-5-4-6-15-11(9)14/h4-6,8H,7H2,1-3H3,(H2,16,17,21). The molecule has 0 aromatic carbocycles. The van der Waals surface area contributed by atoms with Crippen molar-refractivity contribution in [2.45, 2.75) is 26.3 Å². The Bertz CT molecular complexity index is 639. The van der Waals surface area contributed by atoms with Gasteiger partial charge in [0.1, 0.15) is 5.82 Å². The summed E-state index contributed by atoms with van der Waals surface area (Å²) < 4.78 is 1.88. The lowest BCUT2D eigenvalue weighted by Crippen LogP contribution is -2.29. The number of hydrogen-bond acceptors (Lipinski definition) is 4. The first-order chi connectivity index (χ1) is 9.99. The van der Waals surface area contributed by atoms with Gasteiger partial charge in [0.15, 0.2) is 11.0 Å². The number of carbonyl (C=O) groups excluding carboxylic acids is 1. The molecule has 0 spiro atoms. The van der Waals surface area contributed by atoms with Crippen LogP contribution in [0.1, 0.15) is 31.4 Å². The summed E-state index contributed by atoms with van der Waals surface area (Å²) in [7, 11) is 1.88. The molecule has 0 saturated heterocycles. The molecule has 7 nitrogen and oxygen atoms in total. The summed E-state index contributed by atoms with van der Waals surface area (Å²) in [6, 6.07) is 2.99. The molecule has 2 N–H and O–H groups in total. The molecule has 2 rings (SSSR count). The number of aromatic nitrogens is 4. The second kappa shape index (κ2) is 6.53. The van der Waals surface area contributed by atoms with E-state index in [4.69, 9.17) is 11.6 Å². The third-order valence-electron chi connectivity index (χ3n) is 2.93. The number of nitrogens with zero attached hydrogens (tertiary/aromatic N) is 4. The fourth-order valence-electron chi connectivity index (χ4n) is 1.84. The summed E-state index contributed by atoms with van der Waals surface area (Å²) >= 11 is 5.87. The lowest BCUT2D eigenvalue weighted by Gasteiger charge is -2.09. The molecule has 2 heterocycles. The van der Waals surface area contributed by atoms with E-state index in [9.17, 15) is 4.79 Å². The van der Waals surface area contributed by atoms with Crippen LogP contribution in [0, 0.1) is 0 Å². The Balaban J connectivity index is 1.94. The van der Waals surface area contributed by atoms with Crippen LogP contribution in [0.15, 0.2) is 18.3 Å². The highest BCUT2D eigenvalue weighted by atomic mass is 35.5. The SMILES string of the molecule is CC(C)c1nnc(CNC(=O)Nc2cccnc2Cl)n1C. The number of nitrogens with one attached hydrogen (secondary N) is 2. The number of carbonyl (C=O) groups is 1. The van der Waals surface area contributed by atoms with Crippen LogP contribution < -0.4 is 10.6 Å². The molecule has 2 aromatic rings. The molecular weight excluding hydrogens is 292 g/mol. The van der Waals surface area contributed by atoms with E-state index in [-0.39, 0.29) is 23.6 Å². The minimum Gasteiger partial charge on any atom is -0.331 e. The molecule has 0 aliphatic heterocycles. The summed E-state index contributed by atoms with van der Waals surface area (Å²) in [6.07, 6.45) is 1.55. The number of halogens is 1. The summed E-state index contributed by atoms with van der Waals surface area (Å²) in [4.78, 5) is 15.7. The quantitative estimate of drug-likeness (QED) is 0.849. The van der Waals surface area contributed by atoms with Gasteiger partial charge in [-0.15, -0.1) is 10.2 Å². The van der Waals surface area contributed by atoms with Crippen LogP contribution in [0.25, 0.3) is 0 Å². The number of anilines is 1. The molecular formula is C13H17ClN6O. The Hall–Kier alpha value is -2.15. The van der Waals surface area contributed by atoms with Gasteiger partial charge in [-0.3, -0.25) is 0 Å². The van der Waals surface area contributed by atoms with Crippen molar-refractivity contribution < 1.29 is 4.79 Å². The highest BCUT2D eigenvalue weighted by Crippen LogP contribution is 2.17. The molecule has 0 radical (unpaired) electrons. The molecule has 0 saturated carbocycles. The van der Waals surface area contributed by atoms with Crippen LogP contribution in [-0.2, 0) is 13.6 Å². The predicted molar refractivity (Wildman–Crippen MR) is 80.2 cm³/mol. The van der Waals surface area contributed by atoms with E-state index in [1.807, 2.05) is 25.5 Å². The average Bonchev–Trinajstić information content (AvgIpc) is 2.80. The Morgan fingerprint density at radius 3 is 2.81 bits per heavy atom. The zero-order chi connectivity index (χ0) is 15.4. The summed E-state index contributed by atoms with van der Waals surface area (Å²) in [5.41, 5.74) is 0.456. The van der Waals surface area contributed by atoms with Gasteiger partial charge < -0.3 is 15.2 Å². The monoisotopic (exact) mass is 308 g/mol. The third kappa shape index (κ3) is 3.69. The predicted octanol–water partition coefficient (Wildman–Crippen LogP) is 2.31. The molecule has 0 bridgehead atoms. The number of hydrogen-bond donors (Lipinski definition) is 2. The van der Waals surface area contributed by atoms with Gasteiger partial charge in [-0.25, -0.2) is 9.78 Å². The van der Waals surface area contributed by atoms with Crippen molar-refractivity contribution in [3.8, 4) is 0 Å². The van der Waals surface area contributed by atoms with Crippen molar-refractivity contribution in [2.24, 2.45) is 7.05 Å². The lowest BCUT2D eigenvalue weighted by molar-refractivity contribution is 0.251. The smallest absolute Gasteiger partial charge is 0.319 e. The van der Waals surface area contributed by atoms with Crippen LogP contribution in [0.5, 0.6) is 0 Å². The Kier molecular flexibility index (Phi) is 4.74. The minimum atomic E-state index is -0.376. The highest BCUT2D eigenvalue weighted by molar-refractivity contribution is 6.32. The Labute approximate surface area is 127 Å². The van der Waals surface area contributed by atoms with E-state index >= 15 is 0 Å². The molecule has 0 aliphatic rings. The number of amides is 2. The normalized spacial score (nSPS) is 10.7. The summed E-state index contributed by atoms with van der Waals surface area (Å²) in [6.45, 7) is 4.36. The molecule has 112 valence electrons. The fraction of sp³-hybridized carbons (Fsp3) is 0.385. The van der Waals surface area contributed by atoms with Crippen LogP contribution in [0.3, 0.4) is 0 Å². The summed E-state index contributed by atoms with van der Waals surface area (Å²) in [5.74, 6) is 1.84. The fourth-order valence-corrected chi connectivity index (χ4v) is 2.00. The molecule has 0 fully saturated rings. The van der Waals surface area contributed by atoms with Gasteiger partial charge in [0.25, 0.3) is 0 Å². The maximum absolute atomic E-state index is 11.8. The van der Waals surface area contributed by atoms with E-state index in [0.29, 0.717) is 11.5 Å². The molecule has 0 atom stereocenters. The Morgan fingerprint density at radius 2 is 2.19 bits per heavy atom. The first kappa shape index (κ1) is 15.2. The van der Waals surface area contributed by atoms with Gasteiger partial charge in [0.05, 0.1) is 12.2 Å². The van der Waals surface area contributed by atoms with Crippen molar-refractivity contribution in [2.75, 3.05) is 5.32 Å². The molecule has 2 aromatic heterocycles. The van der Waals surface area contributed by atoms with E-state index in [1.165, 1.54) is 0 Å². The van der Waals surface area contributed by atoms with Gasteiger partial charge in [0.2, 0.25) is 0 Å². The topological polar surface area (TPSA) is 84.7 Å². The first-order valence-corrected chi connectivity index (χ1v) is 6.90. The zero-order valence-corrected chi connectivity index (χ0v) is 12.8. The van der Waals surface area contributed by atoms with E-state index in [0.717, 1.165) is 5.82 Å². The number of urea groups is 1. The van der Waals surface area contributed by atoms with Gasteiger partial charge >= 0.3 is 6.03 Å². The molecule has 8 heteroatoms. The third-order valence-corrected chi connectivity index (χ3v) is 3.23. The van der Waals surface area contributed by atoms with Crippen molar-refractivity contribution in [1.29, 1.82) is 0 Å². The lowest BCUT2D eigenvalue weighted by atomic mass is 10.2. The van der Waals surface area contributed by atoms with Crippen molar-refractivity contribution in [3.63, 3.8) is 0 Å². The maximum atomic E-state index is 11.8. The molecule has 21 heavy (non-hydrogen) atoms. The second-order valence-electron chi connectivity index (χ2n) is 4.84. The van der Waals surface area contributed by atoms with E-state index in [1.54, 1.807) is 18.3 Å².